The molecule has 0 radical (unpaired) electrons. The minimum Gasteiger partial charge on any atom is -0.340 e. The van der Waals surface area contributed by atoms with Gasteiger partial charge in [-0.25, -0.2) is 0 Å². The molecule has 0 bridgehead atoms. The Hall–Kier alpha value is -2.14. The summed E-state index contributed by atoms with van der Waals surface area (Å²) in [7, 11) is 0. The molecule has 1 aromatic carbocycles. The largest absolute Gasteiger partial charge is 0.340 e. The number of nitrogens with two attached hydrogens (primary N) is 1. The predicted octanol–water partition coefficient (Wildman–Crippen LogP) is 2.41. The number of rotatable bonds is 4. The van der Waals surface area contributed by atoms with Crippen molar-refractivity contribution in [2.24, 2.45) is 5.73 Å². The number of hydrogen-bond acceptors (Lipinski definition) is 4. The standard InChI is InChI=1S/C15H16N4O/c16-8-11-2-1-3-13-12(11)6-7-19(13)9-14-17-15(20-18-14)10-4-5-10/h1-3,6-7,10H,4-5,8-9,16H2. The van der Waals surface area contributed by atoms with E-state index < -0.39 is 0 Å². The van der Waals surface area contributed by atoms with Gasteiger partial charge in [-0.15, -0.1) is 0 Å². The van der Waals surface area contributed by atoms with Crippen molar-refractivity contribution in [3.05, 3.63) is 47.7 Å². The maximum atomic E-state index is 5.77. The third-order valence-corrected chi connectivity index (χ3v) is 3.85. The van der Waals surface area contributed by atoms with E-state index in [-0.39, 0.29) is 0 Å². The summed E-state index contributed by atoms with van der Waals surface area (Å²) in [4.78, 5) is 4.47. The molecule has 2 N–H and O–H groups in total. The molecule has 0 atom stereocenters. The molecule has 0 aliphatic heterocycles. The maximum Gasteiger partial charge on any atom is 0.229 e. The summed E-state index contributed by atoms with van der Waals surface area (Å²) in [5, 5.41) is 5.27. The second-order valence-corrected chi connectivity index (χ2v) is 5.32. The van der Waals surface area contributed by atoms with Crippen LogP contribution in [0, 0.1) is 0 Å². The van der Waals surface area contributed by atoms with E-state index in [4.69, 9.17) is 10.3 Å². The van der Waals surface area contributed by atoms with Gasteiger partial charge in [0, 0.05) is 29.6 Å². The van der Waals surface area contributed by atoms with Gasteiger partial charge in [-0.3, -0.25) is 0 Å². The van der Waals surface area contributed by atoms with Crippen molar-refractivity contribution in [2.45, 2.75) is 31.8 Å². The molecule has 20 heavy (non-hydrogen) atoms. The number of benzene rings is 1. The summed E-state index contributed by atoms with van der Waals surface area (Å²) < 4.78 is 7.43. The van der Waals surface area contributed by atoms with Crippen LogP contribution >= 0.6 is 0 Å². The Morgan fingerprint density at radius 3 is 3.00 bits per heavy atom. The van der Waals surface area contributed by atoms with Crippen molar-refractivity contribution >= 4 is 10.9 Å². The van der Waals surface area contributed by atoms with Crippen LogP contribution in [-0.2, 0) is 13.1 Å². The number of aromatic nitrogens is 3. The molecule has 1 fully saturated rings. The molecule has 0 saturated heterocycles. The Morgan fingerprint density at radius 2 is 2.20 bits per heavy atom. The van der Waals surface area contributed by atoms with E-state index in [0.29, 0.717) is 19.0 Å². The lowest BCUT2D eigenvalue weighted by Gasteiger charge is -2.03. The zero-order chi connectivity index (χ0) is 13.5. The quantitative estimate of drug-likeness (QED) is 0.788. The summed E-state index contributed by atoms with van der Waals surface area (Å²) in [5.41, 5.74) is 8.09. The highest BCUT2D eigenvalue weighted by Gasteiger charge is 2.29. The van der Waals surface area contributed by atoms with Crippen LogP contribution < -0.4 is 5.73 Å². The molecule has 102 valence electrons. The minimum atomic E-state index is 0.501. The highest BCUT2D eigenvalue weighted by Crippen LogP contribution is 2.38. The van der Waals surface area contributed by atoms with Gasteiger partial charge in [0.1, 0.15) is 0 Å². The third-order valence-electron chi connectivity index (χ3n) is 3.85. The number of nitrogens with zero attached hydrogens (tertiary/aromatic N) is 3. The van der Waals surface area contributed by atoms with Gasteiger partial charge >= 0.3 is 0 Å². The Bertz CT molecular complexity index is 754. The predicted molar refractivity (Wildman–Crippen MR) is 75.2 cm³/mol. The Labute approximate surface area is 116 Å². The molecule has 5 nitrogen and oxygen atoms in total. The van der Waals surface area contributed by atoms with E-state index in [1.807, 2.05) is 6.07 Å². The van der Waals surface area contributed by atoms with Crippen molar-refractivity contribution in [1.29, 1.82) is 0 Å². The fourth-order valence-electron chi connectivity index (χ4n) is 2.58. The fraction of sp³-hybridized carbons (Fsp3) is 0.333. The highest BCUT2D eigenvalue weighted by molar-refractivity contribution is 5.83. The van der Waals surface area contributed by atoms with E-state index in [9.17, 15) is 0 Å². The van der Waals surface area contributed by atoms with Crippen LogP contribution in [0.4, 0.5) is 0 Å². The smallest absolute Gasteiger partial charge is 0.229 e. The van der Waals surface area contributed by atoms with Gasteiger partial charge in [0.05, 0.1) is 6.54 Å². The van der Waals surface area contributed by atoms with Gasteiger partial charge in [-0.1, -0.05) is 17.3 Å². The molecule has 1 aliphatic carbocycles. The molecule has 0 unspecified atom stereocenters. The van der Waals surface area contributed by atoms with E-state index in [2.05, 4.69) is 39.1 Å². The first-order chi connectivity index (χ1) is 9.85. The van der Waals surface area contributed by atoms with Gasteiger partial charge in [0.2, 0.25) is 5.89 Å². The second-order valence-electron chi connectivity index (χ2n) is 5.32. The van der Waals surface area contributed by atoms with E-state index in [1.54, 1.807) is 0 Å². The second kappa shape index (κ2) is 4.45. The average molecular weight is 268 g/mol. The minimum absolute atomic E-state index is 0.501. The Balaban J connectivity index is 1.67. The zero-order valence-corrected chi connectivity index (χ0v) is 11.1. The van der Waals surface area contributed by atoms with Gasteiger partial charge < -0.3 is 14.8 Å². The SMILES string of the molecule is NCc1cccc2c1ccn2Cc1noc(C2CC2)n1. The first-order valence-electron chi connectivity index (χ1n) is 6.94. The van der Waals surface area contributed by atoms with Crippen LogP contribution in [0.15, 0.2) is 35.0 Å². The molecular formula is C15H16N4O. The molecule has 5 heteroatoms. The Morgan fingerprint density at radius 1 is 1.30 bits per heavy atom. The molecule has 0 spiro atoms. The molecular weight excluding hydrogens is 252 g/mol. The highest BCUT2D eigenvalue weighted by atomic mass is 16.5. The van der Waals surface area contributed by atoms with Gasteiger partial charge in [0.15, 0.2) is 5.82 Å². The lowest BCUT2D eigenvalue weighted by Crippen LogP contribution is -2.01. The van der Waals surface area contributed by atoms with Crippen molar-refractivity contribution in [3.8, 4) is 0 Å². The lowest BCUT2D eigenvalue weighted by molar-refractivity contribution is 0.373. The molecule has 0 amide bonds. The number of fused-ring (bicyclic) bond motifs is 1. The molecule has 1 saturated carbocycles. The van der Waals surface area contributed by atoms with Crippen LogP contribution in [0.5, 0.6) is 0 Å². The van der Waals surface area contributed by atoms with Crippen molar-refractivity contribution in [2.75, 3.05) is 0 Å². The normalized spacial score (nSPS) is 15.1. The Kier molecular flexibility index (Phi) is 2.60. The summed E-state index contributed by atoms with van der Waals surface area (Å²) >= 11 is 0. The van der Waals surface area contributed by atoms with Crippen molar-refractivity contribution in [3.63, 3.8) is 0 Å². The molecule has 1 aliphatic rings. The van der Waals surface area contributed by atoms with Crippen LogP contribution in [0.25, 0.3) is 10.9 Å². The monoisotopic (exact) mass is 268 g/mol. The van der Waals surface area contributed by atoms with Crippen LogP contribution in [0.3, 0.4) is 0 Å². The molecule has 2 heterocycles. The van der Waals surface area contributed by atoms with Gasteiger partial charge in [-0.2, -0.15) is 4.98 Å². The average Bonchev–Trinajstić information content (AvgIpc) is 3.09. The van der Waals surface area contributed by atoms with E-state index >= 15 is 0 Å². The molecule has 4 rings (SSSR count). The van der Waals surface area contributed by atoms with Crippen molar-refractivity contribution in [1.82, 2.24) is 14.7 Å². The third kappa shape index (κ3) is 1.91. The lowest BCUT2D eigenvalue weighted by atomic mass is 10.1. The molecule has 3 aromatic rings. The van der Waals surface area contributed by atoms with Crippen molar-refractivity contribution < 1.29 is 4.52 Å². The zero-order valence-electron chi connectivity index (χ0n) is 11.1. The first-order valence-corrected chi connectivity index (χ1v) is 6.94. The maximum absolute atomic E-state index is 5.77. The summed E-state index contributed by atoms with van der Waals surface area (Å²) in [6.07, 6.45) is 4.40. The summed E-state index contributed by atoms with van der Waals surface area (Å²) in [6.45, 7) is 1.18. The van der Waals surface area contributed by atoms with Gasteiger partial charge in [0.25, 0.3) is 0 Å². The number of hydrogen-bond donors (Lipinski definition) is 1. The van der Waals surface area contributed by atoms with Crippen LogP contribution in [-0.4, -0.2) is 14.7 Å². The summed E-state index contributed by atoms with van der Waals surface area (Å²) in [5.74, 6) is 2.03. The molecule has 2 aromatic heterocycles. The summed E-state index contributed by atoms with van der Waals surface area (Å²) in [6, 6.07) is 8.29. The van der Waals surface area contributed by atoms with E-state index in [0.717, 1.165) is 22.8 Å². The van der Waals surface area contributed by atoms with Gasteiger partial charge in [-0.05, 0) is 30.5 Å². The topological polar surface area (TPSA) is 69.9 Å². The van der Waals surface area contributed by atoms with E-state index in [1.165, 1.54) is 18.2 Å². The first kappa shape index (κ1) is 11.7. The fourth-order valence-corrected chi connectivity index (χ4v) is 2.58. The van der Waals surface area contributed by atoms with Crippen LogP contribution in [0.2, 0.25) is 0 Å². The van der Waals surface area contributed by atoms with Crippen LogP contribution in [0.1, 0.15) is 36.0 Å².